The predicted octanol–water partition coefficient (Wildman–Crippen LogP) is 2.67. The minimum Gasteiger partial charge on any atom is -0.326 e. The van der Waals surface area contributed by atoms with E-state index in [0.29, 0.717) is 0 Å². The van der Waals surface area contributed by atoms with E-state index in [1.54, 1.807) is 0 Å². The lowest BCUT2D eigenvalue weighted by atomic mass is 10.00. The van der Waals surface area contributed by atoms with Crippen LogP contribution in [0.2, 0.25) is 0 Å². The molecule has 0 spiro atoms. The van der Waals surface area contributed by atoms with E-state index in [-0.39, 0.29) is 5.54 Å². The third kappa shape index (κ3) is 6.91. The van der Waals surface area contributed by atoms with Crippen LogP contribution in [0.3, 0.4) is 0 Å². The first-order valence-corrected chi connectivity index (χ1v) is 6.57. The maximum atomic E-state index is 5.92. The molecule has 15 heavy (non-hydrogen) atoms. The largest absolute Gasteiger partial charge is 0.326 e. The first-order valence-electron chi connectivity index (χ1n) is 6.57. The lowest BCUT2D eigenvalue weighted by Crippen LogP contribution is -2.33. The van der Waals surface area contributed by atoms with E-state index in [1.165, 1.54) is 45.1 Å². The zero-order valence-corrected chi connectivity index (χ0v) is 10.5. The van der Waals surface area contributed by atoms with Gasteiger partial charge in [0.25, 0.3) is 0 Å². The summed E-state index contributed by atoms with van der Waals surface area (Å²) in [4.78, 5) is 0. The molecule has 0 saturated heterocycles. The molecule has 1 saturated carbocycles. The van der Waals surface area contributed by atoms with Gasteiger partial charge in [0.1, 0.15) is 0 Å². The molecule has 1 rings (SSSR count). The Labute approximate surface area is 95.0 Å². The van der Waals surface area contributed by atoms with E-state index in [2.05, 4.69) is 19.2 Å². The maximum absolute atomic E-state index is 5.92. The molecule has 0 atom stereocenters. The molecule has 2 heteroatoms. The molecule has 1 fully saturated rings. The lowest BCUT2D eigenvalue weighted by molar-refractivity contribution is 0.434. The van der Waals surface area contributed by atoms with Crippen LogP contribution in [-0.4, -0.2) is 18.6 Å². The molecule has 0 aromatic rings. The lowest BCUT2D eigenvalue weighted by Gasteiger charge is -2.18. The van der Waals surface area contributed by atoms with Gasteiger partial charge in [0.15, 0.2) is 0 Å². The zero-order valence-electron chi connectivity index (χ0n) is 10.5. The number of nitrogens with one attached hydrogen (secondary N) is 1. The van der Waals surface area contributed by atoms with Gasteiger partial charge in [-0.1, -0.05) is 25.7 Å². The van der Waals surface area contributed by atoms with E-state index >= 15 is 0 Å². The second-order valence-corrected chi connectivity index (χ2v) is 5.78. The van der Waals surface area contributed by atoms with Crippen LogP contribution in [0.1, 0.15) is 58.8 Å². The summed E-state index contributed by atoms with van der Waals surface area (Å²) >= 11 is 0. The fourth-order valence-corrected chi connectivity index (χ4v) is 2.40. The van der Waals surface area contributed by atoms with Crippen molar-refractivity contribution in [1.29, 1.82) is 0 Å². The molecule has 0 amide bonds. The summed E-state index contributed by atoms with van der Waals surface area (Å²) in [7, 11) is 0. The van der Waals surface area contributed by atoms with Gasteiger partial charge in [0.2, 0.25) is 0 Å². The second kappa shape index (κ2) is 6.49. The minimum absolute atomic E-state index is 0.00708. The third-order valence-corrected chi connectivity index (χ3v) is 3.38. The number of nitrogens with two attached hydrogens (primary N) is 1. The normalized spacial score (nSPS) is 18.6. The van der Waals surface area contributed by atoms with Crippen molar-refractivity contribution in [3.8, 4) is 0 Å². The van der Waals surface area contributed by atoms with Crippen molar-refractivity contribution in [3.63, 3.8) is 0 Å². The van der Waals surface area contributed by atoms with Crippen LogP contribution in [0, 0.1) is 5.92 Å². The van der Waals surface area contributed by atoms with E-state index in [9.17, 15) is 0 Å². The molecule has 0 aromatic carbocycles. The Morgan fingerprint density at radius 3 is 2.47 bits per heavy atom. The van der Waals surface area contributed by atoms with Gasteiger partial charge in [-0.25, -0.2) is 0 Å². The predicted molar refractivity (Wildman–Crippen MR) is 66.9 cm³/mol. The first-order chi connectivity index (χ1) is 7.08. The summed E-state index contributed by atoms with van der Waals surface area (Å²) in [5.41, 5.74) is 5.93. The smallest absolute Gasteiger partial charge is 0.00975 e. The summed E-state index contributed by atoms with van der Waals surface area (Å²) in [6.07, 6.45) is 9.57. The van der Waals surface area contributed by atoms with Gasteiger partial charge in [-0.15, -0.1) is 0 Å². The monoisotopic (exact) mass is 212 g/mol. The van der Waals surface area contributed by atoms with Crippen LogP contribution in [0.15, 0.2) is 0 Å². The fourth-order valence-electron chi connectivity index (χ4n) is 2.40. The minimum atomic E-state index is 0.00708. The van der Waals surface area contributed by atoms with Gasteiger partial charge in [0, 0.05) is 5.54 Å². The Morgan fingerprint density at radius 1 is 1.20 bits per heavy atom. The van der Waals surface area contributed by atoms with Crippen LogP contribution >= 0.6 is 0 Å². The second-order valence-electron chi connectivity index (χ2n) is 5.78. The number of hydrogen-bond donors (Lipinski definition) is 2. The van der Waals surface area contributed by atoms with Gasteiger partial charge < -0.3 is 11.1 Å². The molecule has 1 aliphatic carbocycles. The highest BCUT2D eigenvalue weighted by Gasteiger charge is 2.14. The summed E-state index contributed by atoms with van der Waals surface area (Å²) in [5.74, 6) is 1.02. The summed E-state index contributed by atoms with van der Waals surface area (Å²) < 4.78 is 0. The molecule has 2 nitrogen and oxygen atoms in total. The van der Waals surface area contributed by atoms with Crippen LogP contribution < -0.4 is 11.1 Å². The van der Waals surface area contributed by atoms with Gasteiger partial charge in [-0.2, -0.15) is 0 Å². The zero-order chi connectivity index (χ0) is 11.1. The van der Waals surface area contributed by atoms with Crippen molar-refractivity contribution in [2.75, 3.05) is 13.1 Å². The van der Waals surface area contributed by atoms with Crippen LogP contribution in [0.5, 0.6) is 0 Å². The van der Waals surface area contributed by atoms with Crippen molar-refractivity contribution < 1.29 is 0 Å². The summed E-state index contributed by atoms with van der Waals surface area (Å²) in [6, 6.07) is 0. The standard InChI is InChI=1S/C13H28N2/c1-13(2,14)9-5-10-15-11-8-12-6-3-4-7-12/h12,15H,3-11,14H2,1-2H3. The average Bonchev–Trinajstić information content (AvgIpc) is 2.61. The van der Waals surface area contributed by atoms with E-state index in [1.807, 2.05) is 0 Å². The molecule has 3 N–H and O–H groups in total. The third-order valence-electron chi connectivity index (χ3n) is 3.38. The highest BCUT2D eigenvalue weighted by Crippen LogP contribution is 2.26. The van der Waals surface area contributed by atoms with Gasteiger partial charge in [-0.05, 0) is 52.1 Å². The molecular formula is C13H28N2. The molecular weight excluding hydrogens is 184 g/mol. The highest BCUT2D eigenvalue weighted by molar-refractivity contribution is 4.72. The Hall–Kier alpha value is -0.0800. The summed E-state index contributed by atoms with van der Waals surface area (Å²) in [5, 5.41) is 3.53. The molecule has 0 heterocycles. The van der Waals surface area contributed by atoms with Gasteiger partial charge in [-0.3, -0.25) is 0 Å². The Kier molecular flexibility index (Phi) is 5.62. The SMILES string of the molecule is CC(C)(N)CCCNCCC1CCCC1. The van der Waals surface area contributed by atoms with Crippen LogP contribution in [0.4, 0.5) is 0 Å². The number of hydrogen-bond acceptors (Lipinski definition) is 2. The molecule has 0 radical (unpaired) electrons. The van der Waals surface area contributed by atoms with Crippen LogP contribution in [-0.2, 0) is 0 Å². The number of rotatable bonds is 7. The Morgan fingerprint density at radius 2 is 1.87 bits per heavy atom. The molecule has 1 aliphatic rings. The van der Waals surface area contributed by atoms with E-state index < -0.39 is 0 Å². The Bertz CT molecular complexity index is 154. The van der Waals surface area contributed by atoms with Crippen molar-refractivity contribution in [3.05, 3.63) is 0 Å². The molecule has 90 valence electrons. The van der Waals surface area contributed by atoms with Crippen molar-refractivity contribution >= 4 is 0 Å². The van der Waals surface area contributed by atoms with E-state index in [4.69, 9.17) is 5.73 Å². The first kappa shape index (κ1) is 13.0. The molecule has 0 bridgehead atoms. The highest BCUT2D eigenvalue weighted by atomic mass is 14.8. The van der Waals surface area contributed by atoms with Gasteiger partial charge >= 0.3 is 0 Å². The topological polar surface area (TPSA) is 38.0 Å². The van der Waals surface area contributed by atoms with Gasteiger partial charge in [0.05, 0.1) is 0 Å². The fraction of sp³-hybridized carbons (Fsp3) is 1.00. The van der Waals surface area contributed by atoms with E-state index in [0.717, 1.165) is 18.9 Å². The molecule has 0 aliphatic heterocycles. The molecule has 0 aromatic heterocycles. The summed E-state index contributed by atoms with van der Waals surface area (Å²) in [6.45, 7) is 6.54. The van der Waals surface area contributed by atoms with Crippen molar-refractivity contribution in [2.24, 2.45) is 11.7 Å². The van der Waals surface area contributed by atoms with Crippen LogP contribution in [0.25, 0.3) is 0 Å². The quantitative estimate of drug-likeness (QED) is 0.637. The molecule has 0 unspecified atom stereocenters. The maximum Gasteiger partial charge on any atom is 0.00975 e. The Balaban J connectivity index is 1.84. The van der Waals surface area contributed by atoms with Crippen molar-refractivity contribution in [1.82, 2.24) is 5.32 Å². The van der Waals surface area contributed by atoms with Crippen molar-refractivity contribution in [2.45, 2.75) is 64.3 Å². The average molecular weight is 212 g/mol.